The van der Waals surface area contributed by atoms with Gasteiger partial charge >= 0.3 is 0 Å². The molecule has 2 fully saturated rings. The number of carbonyl (C=O) groups excluding carboxylic acids is 1. The number of hydrogen-bond acceptors (Lipinski definition) is 3. The Morgan fingerprint density at radius 3 is 2.76 bits per heavy atom. The largest absolute Gasteiger partial charge is 0.317 e. The molecule has 5 nitrogen and oxygen atoms in total. The molecule has 1 unspecified atom stereocenters. The Balaban J connectivity index is 0.00000182. The van der Waals surface area contributed by atoms with Crippen LogP contribution in [0.2, 0.25) is 0 Å². The fraction of sp³-hybridized carbons (Fsp3) is 0.474. The van der Waals surface area contributed by atoms with Crippen LogP contribution in [0.25, 0.3) is 0 Å². The number of hydrogen-bond donors (Lipinski definition) is 2. The number of nitrogens with zero attached hydrogens (tertiary/aromatic N) is 2. The van der Waals surface area contributed by atoms with Crippen LogP contribution in [-0.4, -0.2) is 28.8 Å². The van der Waals surface area contributed by atoms with Crippen LogP contribution in [0.3, 0.4) is 0 Å². The smallest absolute Gasteiger partial charge is 0.229 e. The molecule has 2 heterocycles. The van der Waals surface area contributed by atoms with E-state index in [4.69, 9.17) is 0 Å². The number of piperidine rings is 1. The maximum Gasteiger partial charge on any atom is 0.229 e. The summed E-state index contributed by atoms with van der Waals surface area (Å²) in [5, 5.41) is 10.8. The highest BCUT2D eigenvalue weighted by molar-refractivity contribution is 5.94. The summed E-state index contributed by atoms with van der Waals surface area (Å²) < 4.78 is 1.89. The van der Waals surface area contributed by atoms with Gasteiger partial charge in [0.25, 0.3) is 0 Å². The number of amides is 1. The number of aromatic nitrogens is 2. The van der Waals surface area contributed by atoms with Crippen LogP contribution in [0.5, 0.6) is 0 Å². The number of nitrogens with one attached hydrogen (secondary N) is 2. The fourth-order valence-corrected chi connectivity index (χ4v) is 3.91. The lowest BCUT2D eigenvalue weighted by Crippen LogP contribution is -2.31. The topological polar surface area (TPSA) is 59.0 Å². The molecule has 2 aromatic rings. The number of benzene rings is 1. The quantitative estimate of drug-likeness (QED) is 0.862. The first-order chi connectivity index (χ1) is 11.8. The molecule has 6 heteroatoms. The van der Waals surface area contributed by atoms with Crippen molar-refractivity contribution in [3.05, 3.63) is 48.2 Å². The molecule has 1 spiro atoms. The van der Waals surface area contributed by atoms with Crippen LogP contribution in [0.4, 0.5) is 5.82 Å². The second-order valence-electron chi connectivity index (χ2n) is 7.03. The zero-order chi connectivity index (χ0) is 16.4. The predicted molar refractivity (Wildman–Crippen MR) is 101 cm³/mol. The highest BCUT2D eigenvalue weighted by Gasteiger charge is 2.57. The number of rotatable bonds is 5. The van der Waals surface area contributed by atoms with E-state index in [1.807, 2.05) is 28.9 Å². The maximum absolute atomic E-state index is 12.6. The van der Waals surface area contributed by atoms with Gasteiger partial charge in [-0.05, 0) is 49.8 Å². The molecule has 1 atom stereocenters. The molecule has 1 saturated carbocycles. The van der Waals surface area contributed by atoms with Crippen molar-refractivity contribution in [2.75, 3.05) is 18.4 Å². The summed E-state index contributed by atoms with van der Waals surface area (Å²) in [5.74, 6) is 1.15. The Morgan fingerprint density at radius 2 is 2.00 bits per heavy atom. The summed E-state index contributed by atoms with van der Waals surface area (Å²) in [6, 6.07) is 12.2. The fourth-order valence-electron chi connectivity index (χ4n) is 3.91. The second-order valence-corrected chi connectivity index (χ2v) is 7.03. The van der Waals surface area contributed by atoms with Crippen molar-refractivity contribution in [2.45, 2.75) is 32.2 Å². The Bertz CT molecular complexity index is 709. The van der Waals surface area contributed by atoms with Crippen LogP contribution in [0, 0.1) is 11.3 Å². The normalized spacial score (nSPS) is 20.7. The Kier molecular flexibility index (Phi) is 5.45. The Hall–Kier alpha value is -1.85. The van der Waals surface area contributed by atoms with Crippen LogP contribution < -0.4 is 10.6 Å². The highest BCUT2D eigenvalue weighted by atomic mass is 35.5. The second kappa shape index (κ2) is 7.58. The standard InChI is InChI=1S/C19H24N4O.ClH/c24-18(16-14-19(16)8-11-20-12-9-19)22-17-6-10-21-23(17)13-7-15-4-2-1-3-5-15;/h1-6,10,16,20H,7-9,11-14H2,(H,22,24);1H. The third-order valence-electron chi connectivity index (χ3n) is 5.53. The van der Waals surface area contributed by atoms with Crippen LogP contribution in [0.1, 0.15) is 24.8 Å². The number of aryl methyl sites for hydroxylation is 2. The lowest BCUT2D eigenvalue weighted by Gasteiger charge is -2.23. The summed E-state index contributed by atoms with van der Waals surface area (Å²) >= 11 is 0. The van der Waals surface area contributed by atoms with Gasteiger partial charge in [0, 0.05) is 18.5 Å². The van der Waals surface area contributed by atoms with Crippen molar-refractivity contribution in [1.29, 1.82) is 0 Å². The number of carbonyl (C=O) groups is 1. The molecule has 25 heavy (non-hydrogen) atoms. The first-order valence-corrected chi connectivity index (χ1v) is 8.84. The van der Waals surface area contributed by atoms with E-state index in [1.165, 1.54) is 5.56 Å². The summed E-state index contributed by atoms with van der Waals surface area (Å²) in [6.45, 7) is 2.85. The van der Waals surface area contributed by atoms with Gasteiger partial charge in [-0.2, -0.15) is 5.10 Å². The van der Waals surface area contributed by atoms with Gasteiger partial charge in [-0.3, -0.25) is 4.79 Å². The maximum atomic E-state index is 12.6. The highest BCUT2D eigenvalue weighted by Crippen LogP contribution is 2.58. The SMILES string of the molecule is Cl.O=C(Nc1ccnn1CCc1ccccc1)C1CC12CCNCC2. The third-order valence-corrected chi connectivity index (χ3v) is 5.53. The van der Waals surface area contributed by atoms with Gasteiger partial charge in [-0.1, -0.05) is 30.3 Å². The Labute approximate surface area is 154 Å². The zero-order valence-electron chi connectivity index (χ0n) is 14.3. The molecule has 1 aliphatic heterocycles. The molecular formula is C19H25ClN4O. The summed E-state index contributed by atoms with van der Waals surface area (Å²) in [5.41, 5.74) is 1.55. The molecule has 1 aromatic heterocycles. The van der Waals surface area contributed by atoms with E-state index in [2.05, 4.69) is 27.9 Å². The van der Waals surface area contributed by atoms with Gasteiger partial charge in [0.1, 0.15) is 5.82 Å². The van der Waals surface area contributed by atoms with Gasteiger partial charge < -0.3 is 10.6 Å². The first-order valence-electron chi connectivity index (χ1n) is 8.84. The van der Waals surface area contributed by atoms with Gasteiger partial charge in [0.05, 0.1) is 6.20 Å². The van der Waals surface area contributed by atoms with E-state index < -0.39 is 0 Å². The van der Waals surface area contributed by atoms with Crippen molar-refractivity contribution in [3.63, 3.8) is 0 Å². The molecule has 0 radical (unpaired) electrons. The van der Waals surface area contributed by atoms with Crippen molar-refractivity contribution >= 4 is 24.1 Å². The first kappa shape index (κ1) is 18.0. The average Bonchev–Trinajstić information content (AvgIpc) is 3.12. The molecule has 2 N–H and O–H groups in total. The average molecular weight is 361 g/mol. The summed E-state index contributed by atoms with van der Waals surface area (Å²) in [4.78, 5) is 12.6. The summed E-state index contributed by atoms with van der Waals surface area (Å²) in [7, 11) is 0. The van der Waals surface area contributed by atoms with E-state index in [-0.39, 0.29) is 29.6 Å². The minimum Gasteiger partial charge on any atom is -0.317 e. The van der Waals surface area contributed by atoms with Crippen molar-refractivity contribution in [1.82, 2.24) is 15.1 Å². The van der Waals surface area contributed by atoms with Gasteiger partial charge in [0.15, 0.2) is 0 Å². The van der Waals surface area contributed by atoms with Gasteiger partial charge in [0.2, 0.25) is 5.91 Å². The van der Waals surface area contributed by atoms with Crippen LogP contribution in [-0.2, 0) is 17.8 Å². The Morgan fingerprint density at radius 1 is 1.24 bits per heavy atom. The van der Waals surface area contributed by atoms with Crippen molar-refractivity contribution < 1.29 is 4.79 Å². The molecule has 1 amide bonds. The number of halogens is 1. The van der Waals surface area contributed by atoms with Crippen molar-refractivity contribution in [3.8, 4) is 0 Å². The van der Waals surface area contributed by atoms with Crippen LogP contribution in [0.15, 0.2) is 42.6 Å². The van der Waals surface area contributed by atoms with Crippen LogP contribution >= 0.6 is 12.4 Å². The van der Waals surface area contributed by atoms with E-state index >= 15 is 0 Å². The minimum absolute atomic E-state index is 0. The van der Waals surface area contributed by atoms with Gasteiger partial charge in [-0.15, -0.1) is 12.4 Å². The zero-order valence-corrected chi connectivity index (χ0v) is 15.1. The molecule has 1 aliphatic carbocycles. The molecule has 1 saturated heterocycles. The molecular weight excluding hydrogens is 336 g/mol. The van der Waals surface area contributed by atoms with Crippen molar-refractivity contribution in [2.24, 2.45) is 11.3 Å². The lowest BCUT2D eigenvalue weighted by molar-refractivity contribution is -0.118. The van der Waals surface area contributed by atoms with Gasteiger partial charge in [-0.25, -0.2) is 4.68 Å². The van der Waals surface area contributed by atoms with E-state index in [9.17, 15) is 4.79 Å². The molecule has 4 rings (SSSR count). The summed E-state index contributed by atoms with van der Waals surface area (Å²) in [6.07, 6.45) is 5.95. The molecule has 0 bridgehead atoms. The van der Waals surface area contributed by atoms with E-state index in [0.29, 0.717) is 0 Å². The molecule has 1 aromatic carbocycles. The third kappa shape index (κ3) is 3.88. The van der Waals surface area contributed by atoms with E-state index in [0.717, 1.165) is 51.1 Å². The monoisotopic (exact) mass is 360 g/mol. The molecule has 2 aliphatic rings. The molecule has 134 valence electrons. The number of anilines is 1. The predicted octanol–water partition coefficient (Wildman–Crippen LogP) is 2.88. The minimum atomic E-state index is 0. The lowest BCUT2D eigenvalue weighted by atomic mass is 9.92. The van der Waals surface area contributed by atoms with E-state index in [1.54, 1.807) is 6.20 Å².